The number of nitrogens with one attached hydrogen (secondary N) is 2. The first kappa shape index (κ1) is 29.9. The zero-order valence-corrected chi connectivity index (χ0v) is 23.8. The highest BCUT2D eigenvalue weighted by atomic mass is 32.2. The molecule has 0 heterocycles. The van der Waals surface area contributed by atoms with E-state index in [2.05, 4.69) is 10.6 Å². The molecule has 4 aromatic rings. The third kappa shape index (κ3) is 8.21. The summed E-state index contributed by atoms with van der Waals surface area (Å²) in [7, 11) is 1.43. The van der Waals surface area contributed by atoms with E-state index in [4.69, 9.17) is 19.9 Å². The molecule has 42 heavy (non-hydrogen) atoms. The maximum Gasteiger partial charge on any atom is 0.412 e. The van der Waals surface area contributed by atoms with Gasteiger partial charge in [0.1, 0.15) is 5.75 Å². The van der Waals surface area contributed by atoms with Crippen LogP contribution in [-0.4, -0.2) is 36.6 Å². The van der Waals surface area contributed by atoms with Gasteiger partial charge in [-0.1, -0.05) is 36.4 Å². The predicted molar refractivity (Wildman–Crippen MR) is 165 cm³/mol. The molecule has 0 aliphatic carbocycles. The minimum atomic E-state index is -1.10. The van der Waals surface area contributed by atoms with E-state index in [1.165, 1.54) is 25.3 Å². The van der Waals surface area contributed by atoms with Crippen molar-refractivity contribution in [1.29, 1.82) is 0 Å². The van der Waals surface area contributed by atoms with Crippen LogP contribution in [0.25, 0.3) is 0 Å². The van der Waals surface area contributed by atoms with Crippen molar-refractivity contribution in [2.45, 2.75) is 17.1 Å². The molecule has 4 aromatic carbocycles. The normalized spacial score (nSPS) is 12.2. The maximum absolute atomic E-state index is 13.1. The highest BCUT2D eigenvalue weighted by Gasteiger charge is 2.29. The minimum absolute atomic E-state index is 0.156. The van der Waals surface area contributed by atoms with Crippen LogP contribution in [0.1, 0.15) is 11.7 Å². The summed E-state index contributed by atoms with van der Waals surface area (Å²) < 4.78 is 17.3. The van der Waals surface area contributed by atoms with Gasteiger partial charge in [-0.25, -0.2) is 4.79 Å². The van der Waals surface area contributed by atoms with Crippen molar-refractivity contribution in [3.63, 3.8) is 0 Å². The second-order valence-electron chi connectivity index (χ2n) is 8.94. The van der Waals surface area contributed by atoms with Gasteiger partial charge in [-0.3, -0.25) is 10.1 Å². The fraction of sp³-hybridized carbons (Fsp3) is 0.125. The number of carbonyl (C=O) groups excluding carboxylic acids is 2. The highest BCUT2D eigenvalue weighted by Crippen LogP contribution is 2.34. The molecule has 2 atom stereocenters. The topological polar surface area (TPSA) is 132 Å². The Morgan fingerprint density at radius 1 is 0.929 bits per heavy atom. The van der Waals surface area contributed by atoms with Crippen LogP contribution in [0.3, 0.4) is 0 Å². The smallest absolute Gasteiger partial charge is 0.412 e. The summed E-state index contributed by atoms with van der Waals surface area (Å²) in [6, 6.07) is 27.7. The maximum atomic E-state index is 13.1. The molecule has 9 nitrogen and oxygen atoms in total. The van der Waals surface area contributed by atoms with Gasteiger partial charge < -0.3 is 30.4 Å². The summed E-state index contributed by atoms with van der Waals surface area (Å²) in [5, 5.41) is 16.0. The Morgan fingerprint density at radius 3 is 2.31 bits per heavy atom. The summed E-state index contributed by atoms with van der Waals surface area (Å²) in [5.74, 6) is 0.0895. The van der Waals surface area contributed by atoms with E-state index in [1.807, 2.05) is 24.5 Å². The number of para-hydroxylation sites is 3. The first-order valence-corrected chi connectivity index (χ1v) is 14.1. The molecule has 5 N–H and O–H groups in total. The van der Waals surface area contributed by atoms with Crippen molar-refractivity contribution in [3.8, 4) is 17.2 Å². The number of nitrogen functional groups attached to an aromatic ring is 1. The summed E-state index contributed by atoms with van der Waals surface area (Å²) in [5.41, 5.74) is 7.76. The van der Waals surface area contributed by atoms with Gasteiger partial charge in [-0.05, 0) is 73.0 Å². The Labute approximate surface area is 248 Å². The number of benzene rings is 4. The summed E-state index contributed by atoms with van der Waals surface area (Å²) in [4.78, 5) is 27.0. The fourth-order valence-electron chi connectivity index (χ4n) is 3.97. The number of nitrogens with two attached hydrogens (primary N) is 1. The van der Waals surface area contributed by atoms with Crippen molar-refractivity contribution in [2.24, 2.45) is 0 Å². The van der Waals surface area contributed by atoms with Crippen molar-refractivity contribution in [3.05, 3.63) is 115 Å². The molecule has 0 saturated heterocycles. The number of aromatic hydroxyl groups is 1. The number of hydrogen-bond acceptors (Lipinski definition) is 8. The first-order valence-electron chi connectivity index (χ1n) is 12.9. The monoisotopic (exact) mass is 585 g/mol. The number of thioether (sulfide) groups is 1. The van der Waals surface area contributed by atoms with Gasteiger partial charge in [0.15, 0.2) is 23.7 Å². The number of ether oxygens (including phenoxy) is 3. The van der Waals surface area contributed by atoms with Gasteiger partial charge in [0.25, 0.3) is 0 Å². The van der Waals surface area contributed by atoms with Gasteiger partial charge in [-0.15, -0.1) is 11.8 Å². The second kappa shape index (κ2) is 14.5. The molecular formula is C32H31N3O6S. The van der Waals surface area contributed by atoms with E-state index in [1.54, 1.807) is 84.6 Å². The van der Waals surface area contributed by atoms with Gasteiger partial charge in [0, 0.05) is 22.2 Å². The van der Waals surface area contributed by atoms with Crippen LogP contribution in [0.5, 0.6) is 17.2 Å². The van der Waals surface area contributed by atoms with Crippen molar-refractivity contribution in [2.75, 3.05) is 29.7 Å². The number of amides is 2. The molecule has 0 bridgehead atoms. The van der Waals surface area contributed by atoms with E-state index in [0.717, 1.165) is 4.90 Å². The molecular weight excluding hydrogens is 554 g/mol. The molecule has 0 aromatic heterocycles. The first-order chi connectivity index (χ1) is 20.4. The van der Waals surface area contributed by atoms with Crippen LogP contribution in [0, 0.1) is 0 Å². The molecule has 0 spiro atoms. The van der Waals surface area contributed by atoms with Crippen LogP contribution in [0.4, 0.5) is 21.9 Å². The SMILES string of the molecule is COc1ccc([C@@H](OC(=O)Nc2ccc(SC)cc2)[C@@H](/C=C/C(=O)Nc2ccccc2N)Oc2ccccc2)cc1O. The predicted octanol–water partition coefficient (Wildman–Crippen LogP) is 6.64. The molecule has 0 saturated carbocycles. The zero-order valence-electron chi connectivity index (χ0n) is 23.0. The fourth-order valence-corrected chi connectivity index (χ4v) is 4.38. The third-order valence-corrected chi connectivity index (χ3v) is 6.82. The summed E-state index contributed by atoms with van der Waals surface area (Å²) >= 11 is 1.58. The largest absolute Gasteiger partial charge is 0.504 e. The number of rotatable bonds is 11. The van der Waals surface area contributed by atoms with Gasteiger partial charge in [0.2, 0.25) is 5.91 Å². The molecule has 216 valence electrons. The zero-order chi connectivity index (χ0) is 29.9. The van der Waals surface area contributed by atoms with Crippen molar-refractivity contribution < 1.29 is 28.9 Å². The molecule has 0 aliphatic heterocycles. The van der Waals surface area contributed by atoms with Gasteiger partial charge >= 0.3 is 6.09 Å². The third-order valence-electron chi connectivity index (χ3n) is 6.07. The average Bonchev–Trinajstić information content (AvgIpc) is 3.00. The second-order valence-corrected chi connectivity index (χ2v) is 9.82. The minimum Gasteiger partial charge on any atom is -0.504 e. The Kier molecular flexibility index (Phi) is 10.3. The van der Waals surface area contributed by atoms with Crippen molar-refractivity contribution in [1.82, 2.24) is 0 Å². The van der Waals surface area contributed by atoms with E-state index >= 15 is 0 Å². The lowest BCUT2D eigenvalue weighted by atomic mass is 10.0. The van der Waals surface area contributed by atoms with E-state index < -0.39 is 24.2 Å². The van der Waals surface area contributed by atoms with Crippen LogP contribution in [-0.2, 0) is 9.53 Å². The van der Waals surface area contributed by atoms with Crippen LogP contribution in [0.15, 0.2) is 114 Å². The Hall–Kier alpha value is -5.09. The van der Waals surface area contributed by atoms with Gasteiger partial charge in [0.05, 0.1) is 18.5 Å². The van der Waals surface area contributed by atoms with Gasteiger partial charge in [-0.2, -0.15) is 0 Å². The highest BCUT2D eigenvalue weighted by molar-refractivity contribution is 7.98. The summed E-state index contributed by atoms with van der Waals surface area (Å²) in [6.45, 7) is 0. The molecule has 0 aliphatic rings. The standard InChI is InChI=1S/C32H31N3O6S/c1-39-28-17-12-21(20-27(28)36)31(41-32(38)34-22-13-15-24(42-2)16-14-22)29(40-23-8-4-3-5-9-23)18-19-30(37)35-26-11-7-6-10-25(26)33/h3-20,29,31,36H,33H2,1-2H3,(H,34,38)(H,35,37)/b19-18+/t29-,31-/m1/s1. The van der Waals surface area contributed by atoms with Crippen molar-refractivity contribution >= 4 is 40.8 Å². The molecule has 0 unspecified atom stereocenters. The summed E-state index contributed by atoms with van der Waals surface area (Å²) in [6.07, 6.45) is 1.86. The number of methoxy groups -OCH3 is 1. The average molecular weight is 586 g/mol. The van der Waals surface area contributed by atoms with Crippen LogP contribution >= 0.6 is 11.8 Å². The quantitative estimate of drug-likeness (QED) is 0.0875. The van der Waals surface area contributed by atoms with Crippen LogP contribution < -0.4 is 25.8 Å². The molecule has 10 heteroatoms. The molecule has 2 amide bonds. The molecule has 0 fully saturated rings. The Balaban J connectivity index is 1.66. The number of carbonyl (C=O) groups is 2. The number of phenolic OH excluding ortho intramolecular Hbond substituents is 1. The van der Waals surface area contributed by atoms with E-state index in [-0.39, 0.29) is 11.5 Å². The van der Waals surface area contributed by atoms with Crippen LogP contribution in [0.2, 0.25) is 0 Å². The lowest BCUT2D eigenvalue weighted by Crippen LogP contribution is -2.30. The lowest BCUT2D eigenvalue weighted by Gasteiger charge is -2.26. The Morgan fingerprint density at radius 2 is 1.64 bits per heavy atom. The van der Waals surface area contributed by atoms with E-state index in [9.17, 15) is 14.7 Å². The number of anilines is 3. The number of hydrogen-bond donors (Lipinski definition) is 4. The molecule has 4 rings (SSSR count). The Bertz CT molecular complexity index is 1530. The lowest BCUT2D eigenvalue weighted by molar-refractivity contribution is -0.112. The number of phenols is 1. The molecule has 0 radical (unpaired) electrons. The van der Waals surface area contributed by atoms with E-state index in [0.29, 0.717) is 28.4 Å².